The summed E-state index contributed by atoms with van der Waals surface area (Å²) < 4.78 is 0. The summed E-state index contributed by atoms with van der Waals surface area (Å²) in [4.78, 5) is 11.1. The molecule has 0 aliphatic heterocycles. The van der Waals surface area contributed by atoms with Gasteiger partial charge in [-0.2, -0.15) is 0 Å². The average Bonchev–Trinajstić information content (AvgIpc) is 3.12. The fourth-order valence-corrected chi connectivity index (χ4v) is 9.58. The number of fused-ring (bicyclic) bond motifs is 5. The maximum atomic E-state index is 11.7. The Hall–Kier alpha value is -0.690. The minimum absolute atomic E-state index is 0.0406. The van der Waals surface area contributed by atoms with Gasteiger partial charge < -0.3 is 25.5 Å². The van der Waals surface area contributed by atoms with Crippen molar-refractivity contribution >= 4 is 5.97 Å². The molecule has 0 aromatic rings. The molecule has 4 saturated carbocycles. The van der Waals surface area contributed by atoms with Crippen LogP contribution in [-0.4, -0.2) is 55.4 Å². The van der Waals surface area contributed by atoms with Crippen molar-refractivity contribution in [3.63, 3.8) is 0 Å². The molecule has 0 spiro atoms. The number of carbonyl (C=O) groups is 1. The Bertz CT molecular complexity index is 783. The molecule has 0 bridgehead atoms. The number of carboxylic acids is 1. The van der Waals surface area contributed by atoms with Crippen molar-refractivity contribution < 1.29 is 30.3 Å². The highest BCUT2D eigenvalue weighted by Crippen LogP contribution is 2.68. The molecule has 0 amide bonds. The van der Waals surface area contributed by atoms with Gasteiger partial charge in [0.15, 0.2) is 0 Å². The van der Waals surface area contributed by atoms with Crippen LogP contribution in [0.2, 0.25) is 0 Å². The topological polar surface area (TPSA) is 118 Å². The largest absolute Gasteiger partial charge is 0.481 e. The lowest BCUT2D eigenvalue weighted by atomic mass is 9.43. The molecule has 0 radical (unpaired) electrons. The molecule has 6 nitrogen and oxygen atoms in total. The highest BCUT2D eigenvalue weighted by molar-refractivity contribution is 5.67. The first kappa shape index (κ1) is 27.3. The van der Waals surface area contributed by atoms with Gasteiger partial charge in [-0.15, -0.1) is 0 Å². The van der Waals surface area contributed by atoms with Crippen LogP contribution < -0.4 is 0 Å². The van der Waals surface area contributed by atoms with E-state index < -0.39 is 17.7 Å². The quantitative estimate of drug-likeness (QED) is 0.362. The molecule has 202 valence electrons. The highest BCUT2D eigenvalue weighted by Gasteiger charge is 2.65. The van der Waals surface area contributed by atoms with E-state index in [0.29, 0.717) is 30.1 Å². The molecule has 13 atom stereocenters. The summed E-state index contributed by atoms with van der Waals surface area (Å²) in [6.07, 6.45) is 6.39. The Labute approximate surface area is 211 Å². The Kier molecular flexibility index (Phi) is 7.47. The number of rotatable bonds is 7. The summed E-state index contributed by atoms with van der Waals surface area (Å²) >= 11 is 0. The standard InChI is InChI=1S/C29H50O6/c1-16(8-11-28(4,35)17(2)12-25(33)34)20-6-7-21-26-22(15-24(32)29(20,21)5)27(3)10-9-19(30)13-18(27)14-23(26)31/h16-24,26,30-32,35H,6-15H2,1-5H3,(H,33,34)/t16-,17?,18?,19?,20-,21+,22+,23?,24?,26+,27+,28?,29-/m1/s1. The third-order valence-corrected chi connectivity index (χ3v) is 12.2. The van der Waals surface area contributed by atoms with E-state index in [1.807, 2.05) is 0 Å². The molecule has 4 rings (SSSR count). The Morgan fingerprint density at radius 3 is 2.37 bits per heavy atom. The highest BCUT2D eigenvalue weighted by atomic mass is 16.4. The van der Waals surface area contributed by atoms with Gasteiger partial charge in [0.25, 0.3) is 0 Å². The van der Waals surface area contributed by atoms with Gasteiger partial charge in [0, 0.05) is 0 Å². The second kappa shape index (κ2) is 9.56. The molecular weight excluding hydrogens is 444 g/mol. The fourth-order valence-electron chi connectivity index (χ4n) is 9.58. The summed E-state index contributed by atoms with van der Waals surface area (Å²) in [6.45, 7) is 10.4. The Morgan fingerprint density at radius 1 is 1.03 bits per heavy atom. The average molecular weight is 495 g/mol. The monoisotopic (exact) mass is 494 g/mol. The summed E-state index contributed by atoms with van der Waals surface area (Å²) in [5.41, 5.74) is -1.21. The second-order valence-corrected chi connectivity index (χ2v) is 13.9. The predicted octanol–water partition coefficient (Wildman–Crippen LogP) is 4.23. The minimum atomic E-state index is -1.03. The van der Waals surface area contributed by atoms with Gasteiger partial charge in [0.05, 0.1) is 30.3 Å². The van der Waals surface area contributed by atoms with Gasteiger partial charge >= 0.3 is 5.97 Å². The molecule has 0 aromatic carbocycles. The van der Waals surface area contributed by atoms with Crippen molar-refractivity contribution in [2.75, 3.05) is 0 Å². The Balaban J connectivity index is 1.50. The second-order valence-electron chi connectivity index (χ2n) is 13.9. The molecule has 4 fully saturated rings. The number of carboxylic acid groups (broad SMARTS) is 1. The van der Waals surface area contributed by atoms with Gasteiger partial charge in [-0.25, -0.2) is 0 Å². The number of hydrogen-bond acceptors (Lipinski definition) is 5. The number of aliphatic hydroxyl groups excluding tert-OH is 3. The van der Waals surface area contributed by atoms with E-state index in [9.17, 15) is 25.2 Å². The van der Waals surface area contributed by atoms with Crippen molar-refractivity contribution in [3.05, 3.63) is 0 Å². The van der Waals surface area contributed by atoms with Gasteiger partial charge in [0.2, 0.25) is 0 Å². The van der Waals surface area contributed by atoms with E-state index in [-0.39, 0.29) is 47.2 Å². The Morgan fingerprint density at radius 2 is 1.71 bits per heavy atom. The molecule has 35 heavy (non-hydrogen) atoms. The summed E-state index contributed by atoms with van der Waals surface area (Å²) in [5, 5.41) is 53.5. The molecule has 6 heteroatoms. The van der Waals surface area contributed by atoms with Crippen LogP contribution in [-0.2, 0) is 4.79 Å². The van der Waals surface area contributed by atoms with Gasteiger partial charge in [0.1, 0.15) is 0 Å². The van der Waals surface area contributed by atoms with Crippen molar-refractivity contribution in [1.82, 2.24) is 0 Å². The number of hydrogen-bond donors (Lipinski definition) is 5. The zero-order chi connectivity index (χ0) is 25.9. The lowest BCUT2D eigenvalue weighted by Crippen LogP contribution is -2.62. The van der Waals surface area contributed by atoms with Crippen molar-refractivity contribution in [1.29, 1.82) is 0 Å². The third kappa shape index (κ3) is 4.59. The van der Waals surface area contributed by atoms with Crippen molar-refractivity contribution in [3.8, 4) is 0 Å². The normalized spacial score (nSPS) is 48.7. The van der Waals surface area contributed by atoms with Crippen molar-refractivity contribution in [2.24, 2.45) is 52.3 Å². The first-order chi connectivity index (χ1) is 16.2. The lowest BCUT2D eigenvalue weighted by molar-refractivity contribution is -0.207. The molecule has 5 N–H and O–H groups in total. The van der Waals surface area contributed by atoms with Crippen LogP contribution in [0.5, 0.6) is 0 Å². The summed E-state index contributed by atoms with van der Waals surface area (Å²) in [6, 6.07) is 0. The zero-order valence-corrected chi connectivity index (χ0v) is 22.5. The minimum Gasteiger partial charge on any atom is -0.481 e. The van der Waals surface area contributed by atoms with Gasteiger partial charge in [-0.3, -0.25) is 4.79 Å². The molecule has 4 aliphatic carbocycles. The zero-order valence-electron chi connectivity index (χ0n) is 22.5. The SMILES string of the molecule is CC(CC(=O)O)C(C)(O)CC[C@@H](C)[C@H]1CC[C@H]2[C@@H]3C(O)CC4CC(O)CC[C@]4(C)[C@H]3CC(O)[C@]12C. The summed E-state index contributed by atoms with van der Waals surface area (Å²) in [5.74, 6) is 0.527. The molecule has 0 aromatic heterocycles. The lowest BCUT2D eigenvalue weighted by Gasteiger charge is -2.63. The maximum absolute atomic E-state index is 11.7. The third-order valence-electron chi connectivity index (χ3n) is 12.2. The smallest absolute Gasteiger partial charge is 0.303 e. The number of aliphatic hydroxyl groups is 4. The molecular formula is C29H50O6. The van der Waals surface area contributed by atoms with Crippen molar-refractivity contribution in [2.45, 2.75) is 123 Å². The van der Waals surface area contributed by atoms with Crippen LogP contribution in [0.3, 0.4) is 0 Å². The van der Waals surface area contributed by atoms with Crippen LogP contribution in [0.4, 0.5) is 0 Å². The van der Waals surface area contributed by atoms with Crippen LogP contribution >= 0.6 is 0 Å². The first-order valence-electron chi connectivity index (χ1n) is 14.2. The molecule has 4 aliphatic rings. The van der Waals surface area contributed by atoms with Crippen LogP contribution in [0, 0.1) is 52.3 Å². The number of aliphatic carboxylic acids is 1. The van der Waals surface area contributed by atoms with Gasteiger partial charge in [-0.1, -0.05) is 27.7 Å². The van der Waals surface area contributed by atoms with Crippen LogP contribution in [0.1, 0.15) is 98.8 Å². The van der Waals surface area contributed by atoms with Crippen LogP contribution in [0.15, 0.2) is 0 Å². The maximum Gasteiger partial charge on any atom is 0.303 e. The van der Waals surface area contributed by atoms with E-state index in [2.05, 4.69) is 20.8 Å². The first-order valence-corrected chi connectivity index (χ1v) is 14.2. The molecule has 0 heterocycles. The molecule has 6 unspecified atom stereocenters. The molecule has 0 saturated heterocycles. The van der Waals surface area contributed by atoms with E-state index >= 15 is 0 Å². The van der Waals surface area contributed by atoms with Crippen LogP contribution in [0.25, 0.3) is 0 Å². The van der Waals surface area contributed by atoms with E-state index in [0.717, 1.165) is 51.4 Å². The van der Waals surface area contributed by atoms with E-state index in [1.165, 1.54) is 0 Å². The fraction of sp³-hybridized carbons (Fsp3) is 0.966. The summed E-state index contributed by atoms with van der Waals surface area (Å²) in [7, 11) is 0. The van der Waals surface area contributed by atoms with E-state index in [4.69, 9.17) is 5.11 Å². The van der Waals surface area contributed by atoms with Gasteiger partial charge in [-0.05, 0) is 117 Å². The van der Waals surface area contributed by atoms with E-state index in [1.54, 1.807) is 13.8 Å². The predicted molar refractivity (Wildman–Crippen MR) is 134 cm³/mol.